The highest BCUT2D eigenvalue weighted by Gasteiger charge is 2.04. The lowest BCUT2D eigenvalue weighted by atomic mass is 10.2. The second kappa shape index (κ2) is 7.62. The van der Waals surface area contributed by atoms with Crippen molar-refractivity contribution in [1.82, 2.24) is 4.98 Å². The van der Waals surface area contributed by atoms with Crippen LogP contribution in [0.5, 0.6) is 0 Å². The summed E-state index contributed by atoms with van der Waals surface area (Å²) in [6, 6.07) is 10.6. The van der Waals surface area contributed by atoms with Gasteiger partial charge >= 0.3 is 5.97 Å². The van der Waals surface area contributed by atoms with Crippen LogP contribution in [0, 0.1) is 5.92 Å². The fraction of sp³-hybridized carbons (Fsp3) is 0.438. The second-order valence-electron chi connectivity index (χ2n) is 4.64. The molecule has 0 unspecified atom stereocenters. The molecule has 0 radical (unpaired) electrons. The van der Waals surface area contributed by atoms with Gasteiger partial charge in [-0.1, -0.05) is 39.0 Å². The number of nitrogens with one attached hydrogen (secondary N) is 1. The van der Waals surface area contributed by atoms with Gasteiger partial charge in [0, 0.05) is 11.2 Å². The van der Waals surface area contributed by atoms with Crippen molar-refractivity contribution in [3.05, 3.63) is 36.0 Å². The Balaban J connectivity index is 0.000000203. The molecule has 0 atom stereocenters. The van der Waals surface area contributed by atoms with Crippen molar-refractivity contribution in [3.8, 4) is 0 Å². The Kier molecular flexibility index (Phi) is 6.13. The largest absolute Gasteiger partial charge is 0.466 e. The summed E-state index contributed by atoms with van der Waals surface area (Å²) in [6.45, 7) is 8.08. The quantitative estimate of drug-likeness (QED) is 0.850. The van der Waals surface area contributed by atoms with Crippen LogP contribution in [0.3, 0.4) is 0 Å². The first-order chi connectivity index (χ1) is 9.08. The number of rotatable bonds is 3. The zero-order valence-corrected chi connectivity index (χ0v) is 12.2. The van der Waals surface area contributed by atoms with Gasteiger partial charge in [0.2, 0.25) is 0 Å². The summed E-state index contributed by atoms with van der Waals surface area (Å²) in [4.78, 5) is 13.9. The zero-order chi connectivity index (χ0) is 14.3. The number of benzene rings is 1. The van der Waals surface area contributed by atoms with Crippen LogP contribution in [0.15, 0.2) is 30.3 Å². The van der Waals surface area contributed by atoms with Crippen molar-refractivity contribution >= 4 is 16.9 Å². The van der Waals surface area contributed by atoms with E-state index in [1.54, 1.807) is 6.92 Å². The van der Waals surface area contributed by atoms with Crippen LogP contribution in [0.2, 0.25) is 0 Å². The molecule has 2 aromatic rings. The Morgan fingerprint density at radius 3 is 2.42 bits per heavy atom. The van der Waals surface area contributed by atoms with E-state index in [4.69, 9.17) is 0 Å². The summed E-state index contributed by atoms with van der Waals surface area (Å²) in [7, 11) is 0. The molecule has 1 heterocycles. The highest BCUT2D eigenvalue weighted by molar-refractivity contribution is 5.80. The number of hydrogen-bond acceptors (Lipinski definition) is 2. The summed E-state index contributed by atoms with van der Waals surface area (Å²) >= 11 is 0. The number of aromatic amines is 1. The number of aryl methyl sites for hydroxylation is 1. The predicted molar refractivity (Wildman–Crippen MR) is 79.1 cm³/mol. The van der Waals surface area contributed by atoms with E-state index in [0.717, 1.165) is 6.42 Å². The van der Waals surface area contributed by atoms with Crippen LogP contribution < -0.4 is 0 Å². The molecule has 0 fully saturated rings. The van der Waals surface area contributed by atoms with Gasteiger partial charge in [0.25, 0.3) is 0 Å². The van der Waals surface area contributed by atoms with E-state index >= 15 is 0 Å². The molecule has 2 rings (SSSR count). The van der Waals surface area contributed by atoms with Crippen molar-refractivity contribution in [3.63, 3.8) is 0 Å². The summed E-state index contributed by atoms with van der Waals surface area (Å²) in [5.41, 5.74) is 2.55. The molecule has 1 aromatic carbocycles. The highest BCUT2D eigenvalue weighted by Crippen LogP contribution is 2.14. The fourth-order valence-electron chi connectivity index (χ4n) is 1.63. The van der Waals surface area contributed by atoms with E-state index in [0.29, 0.717) is 6.61 Å². The van der Waals surface area contributed by atoms with Crippen LogP contribution in [-0.4, -0.2) is 17.6 Å². The summed E-state index contributed by atoms with van der Waals surface area (Å²) in [5, 5.41) is 1.31. The molecule has 3 nitrogen and oxygen atoms in total. The molecular weight excluding hydrogens is 238 g/mol. The minimum absolute atomic E-state index is 0.00921. The van der Waals surface area contributed by atoms with Crippen molar-refractivity contribution < 1.29 is 9.53 Å². The average molecular weight is 261 g/mol. The maximum atomic E-state index is 10.5. The zero-order valence-electron chi connectivity index (χ0n) is 12.2. The normalized spacial score (nSPS) is 10.2. The predicted octanol–water partition coefficient (Wildman–Crippen LogP) is 3.94. The Morgan fingerprint density at radius 1 is 1.26 bits per heavy atom. The third kappa shape index (κ3) is 4.78. The number of aromatic nitrogens is 1. The van der Waals surface area contributed by atoms with E-state index in [-0.39, 0.29) is 11.9 Å². The van der Waals surface area contributed by atoms with Crippen molar-refractivity contribution in [2.75, 3.05) is 6.61 Å². The first-order valence-electron chi connectivity index (χ1n) is 6.81. The third-order valence-corrected chi connectivity index (χ3v) is 2.72. The number of esters is 1. The maximum Gasteiger partial charge on any atom is 0.308 e. The number of hydrogen-bond donors (Lipinski definition) is 1. The molecule has 0 saturated carbocycles. The number of H-pyrrole nitrogens is 1. The number of fused-ring (bicyclic) bond motifs is 1. The summed E-state index contributed by atoms with van der Waals surface area (Å²) in [5.74, 6) is -0.109. The van der Waals surface area contributed by atoms with E-state index in [1.165, 1.54) is 16.6 Å². The topological polar surface area (TPSA) is 42.1 Å². The highest BCUT2D eigenvalue weighted by atomic mass is 16.5. The molecule has 1 aromatic heterocycles. The lowest BCUT2D eigenvalue weighted by molar-refractivity contribution is -0.146. The van der Waals surface area contributed by atoms with Gasteiger partial charge in [0.1, 0.15) is 0 Å². The standard InChI is InChI=1S/C10H11N.C6H12O2/c1-2-9-7-8-5-3-4-6-10(8)11-9;1-4-8-6(7)5(2)3/h3-7,11H,2H2,1H3;5H,4H2,1-3H3. The van der Waals surface area contributed by atoms with Crippen LogP contribution in [-0.2, 0) is 16.0 Å². The molecule has 0 amide bonds. The van der Waals surface area contributed by atoms with E-state index < -0.39 is 0 Å². The first-order valence-corrected chi connectivity index (χ1v) is 6.81. The van der Waals surface area contributed by atoms with Gasteiger partial charge < -0.3 is 9.72 Å². The van der Waals surface area contributed by atoms with Crippen LogP contribution in [0.1, 0.15) is 33.4 Å². The Bertz CT molecular complexity index is 481. The minimum atomic E-state index is -0.118. The van der Waals surface area contributed by atoms with E-state index in [2.05, 4.69) is 47.0 Å². The van der Waals surface area contributed by atoms with Gasteiger partial charge in [-0.15, -0.1) is 0 Å². The number of carbonyl (C=O) groups excluding carboxylic acids is 1. The van der Waals surface area contributed by atoms with Crippen LogP contribution in [0.4, 0.5) is 0 Å². The molecule has 0 aliphatic heterocycles. The molecule has 19 heavy (non-hydrogen) atoms. The Labute approximate surface area is 115 Å². The second-order valence-corrected chi connectivity index (χ2v) is 4.64. The number of para-hydroxylation sites is 1. The lowest BCUT2D eigenvalue weighted by Crippen LogP contribution is -2.10. The van der Waals surface area contributed by atoms with E-state index in [1.807, 2.05) is 13.8 Å². The smallest absolute Gasteiger partial charge is 0.308 e. The van der Waals surface area contributed by atoms with E-state index in [9.17, 15) is 4.79 Å². The molecular formula is C16H23NO2. The molecule has 0 bridgehead atoms. The van der Waals surface area contributed by atoms with Gasteiger partial charge in [-0.25, -0.2) is 0 Å². The average Bonchev–Trinajstić information content (AvgIpc) is 2.82. The lowest BCUT2D eigenvalue weighted by Gasteiger charge is -2.01. The minimum Gasteiger partial charge on any atom is -0.466 e. The van der Waals surface area contributed by atoms with Crippen LogP contribution in [0.25, 0.3) is 10.9 Å². The maximum absolute atomic E-state index is 10.5. The van der Waals surface area contributed by atoms with Crippen molar-refractivity contribution in [2.45, 2.75) is 34.1 Å². The van der Waals surface area contributed by atoms with Crippen molar-refractivity contribution in [1.29, 1.82) is 0 Å². The molecule has 104 valence electrons. The molecule has 0 saturated heterocycles. The molecule has 0 spiro atoms. The monoisotopic (exact) mass is 261 g/mol. The van der Waals surface area contributed by atoms with Gasteiger partial charge in [-0.3, -0.25) is 4.79 Å². The molecule has 0 aliphatic rings. The number of carbonyl (C=O) groups is 1. The molecule has 3 heteroatoms. The Morgan fingerprint density at radius 2 is 1.95 bits per heavy atom. The van der Waals surface area contributed by atoms with Crippen LogP contribution >= 0.6 is 0 Å². The van der Waals surface area contributed by atoms with Gasteiger partial charge in [-0.05, 0) is 30.9 Å². The molecule has 0 aliphatic carbocycles. The van der Waals surface area contributed by atoms with Gasteiger partial charge in [-0.2, -0.15) is 0 Å². The fourth-order valence-corrected chi connectivity index (χ4v) is 1.63. The molecule has 1 N–H and O–H groups in total. The summed E-state index contributed by atoms with van der Waals surface area (Å²) < 4.78 is 4.66. The Hall–Kier alpha value is -1.77. The van der Waals surface area contributed by atoms with Crippen molar-refractivity contribution in [2.24, 2.45) is 5.92 Å². The SMILES string of the molecule is CCOC(=O)C(C)C.CCc1cc2ccccc2[nH]1. The van der Waals surface area contributed by atoms with Gasteiger partial charge in [0.05, 0.1) is 12.5 Å². The van der Waals surface area contributed by atoms with Gasteiger partial charge in [0.15, 0.2) is 0 Å². The third-order valence-electron chi connectivity index (χ3n) is 2.72. The summed E-state index contributed by atoms with van der Waals surface area (Å²) in [6.07, 6.45) is 1.08. The first kappa shape index (κ1) is 15.3. The number of ether oxygens (including phenoxy) is 1.